The third-order valence-corrected chi connectivity index (χ3v) is 9.07. The molecule has 0 unspecified atom stereocenters. The van der Waals surface area contributed by atoms with E-state index in [0.717, 1.165) is 27.3 Å². The maximum atomic E-state index is 13.1. The summed E-state index contributed by atoms with van der Waals surface area (Å²) in [4.78, 5) is 63.2. The third kappa shape index (κ3) is 6.51. The lowest BCUT2D eigenvalue weighted by Crippen LogP contribution is -2.70. The lowest BCUT2D eigenvalue weighted by molar-refractivity contribution is -0.151. The molecule has 2 aromatic carbocycles. The second kappa shape index (κ2) is 13.4. The highest BCUT2D eigenvalue weighted by atomic mass is 32.2. The molecular formula is C33H33N3O8S. The standard InChI is InChI=1S/C33H33N3O8S/c1-4-43-33(42)25-16-26(23-12-10-22(11-13-23)21-8-6-5-7-9-21)35(19(25)2)15-14-27(38)34-28-30(39)36-29(32(40)41)24(17-44-20(3)37)18-45-31(28)36/h5-13,16,28,31H,4,14-15,17-18H2,1-3H3,(H,34,38)(H,40,41)/t28-,31-/m1/s1. The summed E-state index contributed by atoms with van der Waals surface area (Å²) < 4.78 is 12.1. The molecule has 2 aliphatic heterocycles. The number of esters is 2. The van der Waals surface area contributed by atoms with Crippen LogP contribution in [-0.4, -0.2) is 74.7 Å². The van der Waals surface area contributed by atoms with Gasteiger partial charge in [0.2, 0.25) is 5.91 Å². The van der Waals surface area contributed by atoms with Gasteiger partial charge in [0.25, 0.3) is 5.91 Å². The first-order valence-electron chi connectivity index (χ1n) is 14.5. The van der Waals surface area contributed by atoms with E-state index in [9.17, 15) is 29.1 Å². The molecule has 1 fully saturated rings. The molecule has 0 bridgehead atoms. The molecule has 11 nitrogen and oxygen atoms in total. The number of carboxylic acids is 1. The highest BCUT2D eigenvalue weighted by molar-refractivity contribution is 8.00. The van der Waals surface area contributed by atoms with Crippen molar-refractivity contribution >= 4 is 41.5 Å². The number of nitrogens with zero attached hydrogens (tertiary/aromatic N) is 2. The van der Waals surface area contributed by atoms with Crippen molar-refractivity contribution in [3.63, 3.8) is 0 Å². The van der Waals surface area contributed by atoms with E-state index in [1.165, 1.54) is 18.7 Å². The smallest absolute Gasteiger partial charge is 0.352 e. The van der Waals surface area contributed by atoms with E-state index in [-0.39, 0.29) is 37.6 Å². The summed E-state index contributed by atoms with van der Waals surface area (Å²) in [7, 11) is 0. The second-order valence-corrected chi connectivity index (χ2v) is 11.7. The zero-order valence-electron chi connectivity index (χ0n) is 25.1. The van der Waals surface area contributed by atoms with E-state index in [2.05, 4.69) is 5.32 Å². The number of rotatable bonds is 11. The first-order chi connectivity index (χ1) is 21.6. The van der Waals surface area contributed by atoms with Crippen LogP contribution in [0.4, 0.5) is 0 Å². The van der Waals surface area contributed by atoms with Crippen molar-refractivity contribution in [2.75, 3.05) is 19.0 Å². The summed E-state index contributed by atoms with van der Waals surface area (Å²) in [5.41, 5.74) is 4.87. The first kappa shape index (κ1) is 31.6. The number of aliphatic carboxylic acids is 1. The Morgan fingerprint density at radius 2 is 1.67 bits per heavy atom. The van der Waals surface area contributed by atoms with Crippen LogP contribution < -0.4 is 5.32 Å². The summed E-state index contributed by atoms with van der Waals surface area (Å²) >= 11 is 1.30. The molecule has 2 amide bonds. The number of thioether (sulfide) groups is 1. The molecule has 234 valence electrons. The van der Waals surface area contributed by atoms with Crippen LogP contribution in [0.15, 0.2) is 71.9 Å². The molecule has 0 saturated carbocycles. The molecule has 0 spiro atoms. The number of hydrogen-bond donors (Lipinski definition) is 2. The van der Waals surface area contributed by atoms with E-state index in [1.807, 2.05) is 59.2 Å². The summed E-state index contributed by atoms with van der Waals surface area (Å²) in [6.45, 7) is 4.98. The van der Waals surface area contributed by atoms with Crippen molar-refractivity contribution in [3.05, 3.63) is 83.2 Å². The minimum atomic E-state index is -1.30. The molecule has 2 N–H and O–H groups in total. The maximum Gasteiger partial charge on any atom is 0.352 e. The van der Waals surface area contributed by atoms with Crippen molar-refractivity contribution in [2.45, 2.75) is 45.2 Å². The molecule has 1 aromatic heterocycles. The van der Waals surface area contributed by atoms with Gasteiger partial charge in [-0.2, -0.15) is 0 Å². The van der Waals surface area contributed by atoms with Crippen LogP contribution >= 0.6 is 11.8 Å². The molecule has 12 heteroatoms. The molecule has 45 heavy (non-hydrogen) atoms. The predicted molar refractivity (Wildman–Crippen MR) is 167 cm³/mol. The van der Waals surface area contributed by atoms with Gasteiger partial charge in [-0.05, 0) is 36.6 Å². The van der Waals surface area contributed by atoms with E-state index in [4.69, 9.17) is 9.47 Å². The number of β-lactam (4-membered cyclic amide) rings is 1. The van der Waals surface area contributed by atoms with Crippen molar-refractivity contribution in [1.82, 2.24) is 14.8 Å². The summed E-state index contributed by atoms with van der Waals surface area (Å²) in [6.07, 6.45) is 0.00732. The van der Waals surface area contributed by atoms with Gasteiger partial charge in [0, 0.05) is 42.6 Å². The number of aromatic nitrogens is 1. The summed E-state index contributed by atoms with van der Waals surface area (Å²) in [5.74, 6) is -3.01. The normalized spacial score (nSPS) is 17.3. The number of nitrogens with one attached hydrogen (secondary N) is 1. The van der Waals surface area contributed by atoms with Crippen molar-refractivity contribution in [2.24, 2.45) is 0 Å². The zero-order chi connectivity index (χ0) is 32.2. The molecule has 0 radical (unpaired) electrons. The van der Waals surface area contributed by atoms with E-state index >= 15 is 0 Å². The fraction of sp³-hybridized carbons (Fsp3) is 0.303. The van der Waals surface area contributed by atoms with E-state index in [1.54, 1.807) is 19.9 Å². The molecule has 3 aromatic rings. The number of amides is 2. The van der Waals surface area contributed by atoms with Gasteiger partial charge < -0.3 is 24.5 Å². The monoisotopic (exact) mass is 631 g/mol. The SMILES string of the molecule is CCOC(=O)c1cc(-c2ccc(-c3ccccc3)cc2)n(CCC(=O)N[C@@H]2C(=O)N3C(C(=O)O)=C(COC(C)=O)CS[C@H]23)c1C. The number of carboxylic acid groups (broad SMARTS) is 1. The Labute approximate surface area is 264 Å². The Hall–Kier alpha value is -4.84. The van der Waals surface area contributed by atoms with Crippen LogP contribution in [0.2, 0.25) is 0 Å². The van der Waals surface area contributed by atoms with Gasteiger partial charge in [0.1, 0.15) is 23.7 Å². The Morgan fingerprint density at radius 1 is 1.00 bits per heavy atom. The minimum Gasteiger partial charge on any atom is -0.477 e. The van der Waals surface area contributed by atoms with Gasteiger partial charge in [-0.1, -0.05) is 54.6 Å². The van der Waals surface area contributed by atoms with E-state index < -0.39 is 41.1 Å². The Bertz CT molecular complexity index is 1680. The highest BCUT2D eigenvalue weighted by Gasteiger charge is 2.54. The largest absolute Gasteiger partial charge is 0.477 e. The highest BCUT2D eigenvalue weighted by Crippen LogP contribution is 2.40. The molecule has 2 aliphatic rings. The van der Waals surface area contributed by atoms with Crippen molar-refractivity contribution in [3.8, 4) is 22.4 Å². The zero-order valence-corrected chi connectivity index (χ0v) is 25.9. The quantitative estimate of drug-likeness (QED) is 0.237. The number of carbonyl (C=O) groups excluding carboxylic acids is 4. The molecule has 1 saturated heterocycles. The van der Waals surface area contributed by atoms with Crippen molar-refractivity contribution < 1.29 is 38.6 Å². The van der Waals surface area contributed by atoms with Gasteiger partial charge in [0.15, 0.2) is 0 Å². The maximum absolute atomic E-state index is 13.1. The van der Waals surface area contributed by atoms with Crippen LogP contribution in [0.1, 0.15) is 36.3 Å². The number of fused-ring (bicyclic) bond motifs is 1. The molecule has 2 atom stereocenters. The van der Waals surface area contributed by atoms with Crippen LogP contribution in [0.3, 0.4) is 0 Å². The number of ether oxygens (including phenoxy) is 2. The number of carbonyl (C=O) groups is 5. The average molecular weight is 632 g/mol. The number of benzene rings is 2. The minimum absolute atomic E-state index is 0.00732. The third-order valence-electron chi connectivity index (χ3n) is 7.73. The van der Waals surface area contributed by atoms with Gasteiger partial charge in [-0.15, -0.1) is 11.8 Å². The Balaban J connectivity index is 1.31. The van der Waals surface area contributed by atoms with Crippen molar-refractivity contribution in [1.29, 1.82) is 0 Å². The summed E-state index contributed by atoms with van der Waals surface area (Å²) in [5, 5.41) is 11.9. The first-order valence-corrected chi connectivity index (χ1v) is 15.5. The fourth-order valence-corrected chi connectivity index (χ4v) is 6.82. The Kier molecular flexibility index (Phi) is 9.43. The molecule has 0 aliphatic carbocycles. The number of hydrogen-bond acceptors (Lipinski definition) is 8. The van der Waals surface area contributed by atoms with Gasteiger partial charge >= 0.3 is 17.9 Å². The van der Waals surface area contributed by atoms with Crippen LogP contribution in [-0.2, 0) is 35.2 Å². The fourth-order valence-electron chi connectivity index (χ4n) is 5.49. The molecular weight excluding hydrogens is 598 g/mol. The van der Waals surface area contributed by atoms with Gasteiger partial charge in [0.05, 0.1) is 12.2 Å². The van der Waals surface area contributed by atoms with Gasteiger partial charge in [-0.3, -0.25) is 19.3 Å². The average Bonchev–Trinajstić information content (AvgIpc) is 3.37. The van der Waals surface area contributed by atoms with Crippen LogP contribution in [0.25, 0.3) is 22.4 Å². The lowest BCUT2D eigenvalue weighted by atomic mass is 10.0. The summed E-state index contributed by atoms with van der Waals surface area (Å²) in [6, 6.07) is 18.8. The van der Waals surface area contributed by atoms with Gasteiger partial charge in [-0.25, -0.2) is 9.59 Å². The Morgan fingerprint density at radius 3 is 2.31 bits per heavy atom. The lowest BCUT2D eigenvalue weighted by Gasteiger charge is -2.49. The second-order valence-electron chi connectivity index (χ2n) is 10.6. The molecule has 3 heterocycles. The predicted octanol–water partition coefficient (Wildman–Crippen LogP) is 4.00. The molecule has 5 rings (SSSR count). The van der Waals surface area contributed by atoms with Crippen LogP contribution in [0, 0.1) is 6.92 Å². The van der Waals surface area contributed by atoms with E-state index in [0.29, 0.717) is 16.8 Å². The van der Waals surface area contributed by atoms with Crippen LogP contribution in [0.5, 0.6) is 0 Å². The topological polar surface area (TPSA) is 144 Å².